The first-order valence-electron chi connectivity index (χ1n) is 3.87. The van der Waals surface area contributed by atoms with Crippen LogP contribution in [0.3, 0.4) is 0 Å². The number of rotatable bonds is 3. The zero-order valence-corrected chi connectivity index (χ0v) is 8.51. The number of hydrogen-bond donors (Lipinski definition) is 0. The van der Waals surface area contributed by atoms with Gasteiger partial charge in [-0.2, -0.15) is 0 Å². The molecule has 0 aliphatic carbocycles. The summed E-state index contributed by atoms with van der Waals surface area (Å²) in [6.45, 7) is 8.95. The molecular formula is C9H18S. The SMILES string of the molecule is CC/C(C)=C(\SC)C(C)C. The van der Waals surface area contributed by atoms with E-state index in [9.17, 15) is 0 Å². The van der Waals surface area contributed by atoms with Gasteiger partial charge in [-0.05, 0) is 30.4 Å². The van der Waals surface area contributed by atoms with Crippen LogP contribution in [0.25, 0.3) is 0 Å². The highest BCUT2D eigenvalue weighted by molar-refractivity contribution is 8.02. The molecule has 0 atom stereocenters. The Morgan fingerprint density at radius 2 is 1.90 bits per heavy atom. The third-order valence-corrected chi connectivity index (χ3v) is 2.95. The van der Waals surface area contributed by atoms with Crippen LogP contribution in [0.5, 0.6) is 0 Å². The summed E-state index contributed by atoms with van der Waals surface area (Å²) in [5, 5.41) is 0. The Balaban J connectivity index is 4.29. The molecule has 60 valence electrons. The summed E-state index contributed by atoms with van der Waals surface area (Å²) in [6.07, 6.45) is 3.35. The highest BCUT2D eigenvalue weighted by Gasteiger charge is 2.03. The molecular weight excluding hydrogens is 140 g/mol. The van der Waals surface area contributed by atoms with Gasteiger partial charge in [-0.15, -0.1) is 11.8 Å². The fraction of sp³-hybridized carbons (Fsp3) is 0.778. The summed E-state index contributed by atoms with van der Waals surface area (Å²) in [5.41, 5.74) is 1.54. The summed E-state index contributed by atoms with van der Waals surface area (Å²) < 4.78 is 0. The maximum absolute atomic E-state index is 2.25. The van der Waals surface area contributed by atoms with Gasteiger partial charge in [-0.1, -0.05) is 26.3 Å². The van der Waals surface area contributed by atoms with Gasteiger partial charge in [0, 0.05) is 0 Å². The molecule has 0 aromatic rings. The third kappa shape index (κ3) is 2.78. The predicted octanol–water partition coefficient (Wildman–Crippen LogP) is 3.69. The quantitative estimate of drug-likeness (QED) is 0.603. The van der Waals surface area contributed by atoms with E-state index in [-0.39, 0.29) is 0 Å². The molecule has 0 aromatic heterocycles. The molecule has 0 amide bonds. The van der Waals surface area contributed by atoms with E-state index in [2.05, 4.69) is 34.0 Å². The van der Waals surface area contributed by atoms with E-state index < -0.39 is 0 Å². The van der Waals surface area contributed by atoms with Gasteiger partial charge >= 0.3 is 0 Å². The minimum absolute atomic E-state index is 0.704. The second-order valence-electron chi connectivity index (χ2n) is 2.86. The Morgan fingerprint density at radius 1 is 1.40 bits per heavy atom. The van der Waals surface area contributed by atoms with Crippen molar-refractivity contribution in [1.82, 2.24) is 0 Å². The largest absolute Gasteiger partial charge is 0.134 e. The van der Waals surface area contributed by atoms with Crippen molar-refractivity contribution in [3.8, 4) is 0 Å². The summed E-state index contributed by atoms with van der Waals surface area (Å²) in [5.74, 6) is 0.704. The molecule has 0 rings (SSSR count). The van der Waals surface area contributed by atoms with Crippen LogP contribution in [-0.2, 0) is 0 Å². The average Bonchev–Trinajstić information content (AvgIpc) is 1.88. The second kappa shape index (κ2) is 4.84. The maximum Gasteiger partial charge on any atom is -0.0139 e. The van der Waals surface area contributed by atoms with E-state index in [1.807, 2.05) is 11.8 Å². The van der Waals surface area contributed by atoms with Gasteiger partial charge < -0.3 is 0 Å². The fourth-order valence-electron chi connectivity index (χ4n) is 1.08. The van der Waals surface area contributed by atoms with Gasteiger partial charge in [0.2, 0.25) is 0 Å². The van der Waals surface area contributed by atoms with Crippen LogP contribution in [-0.4, -0.2) is 6.26 Å². The van der Waals surface area contributed by atoms with Gasteiger partial charge in [-0.25, -0.2) is 0 Å². The number of allylic oxidation sites excluding steroid dienone is 2. The van der Waals surface area contributed by atoms with Crippen molar-refractivity contribution in [3.63, 3.8) is 0 Å². The van der Waals surface area contributed by atoms with Gasteiger partial charge in [0.15, 0.2) is 0 Å². The van der Waals surface area contributed by atoms with Crippen LogP contribution in [0.15, 0.2) is 10.5 Å². The Labute approximate surface area is 69.1 Å². The Morgan fingerprint density at radius 3 is 2.00 bits per heavy atom. The molecule has 0 aromatic carbocycles. The molecule has 10 heavy (non-hydrogen) atoms. The van der Waals surface area contributed by atoms with Crippen molar-refractivity contribution >= 4 is 11.8 Å². The van der Waals surface area contributed by atoms with Crippen molar-refractivity contribution in [1.29, 1.82) is 0 Å². The minimum atomic E-state index is 0.704. The highest BCUT2D eigenvalue weighted by Crippen LogP contribution is 2.26. The van der Waals surface area contributed by atoms with E-state index in [0.29, 0.717) is 5.92 Å². The van der Waals surface area contributed by atoms with E-state index >= 15 is 0 Å². The van der Waals surface area contributed by atoms with Gasteiger partial charge in [0.05, 0.1) is 0 Å². The zero-order valence-electron chi connectivity index (χ0n) is 7.69. The Kier molecular flexibility index (Phi) is 4.88. The van der Waals surface area contributed by atoms with Crippen molar-refractivity contribution in [3.05, 3.63) is 10.5 Å². The topological polar surface area (TPSA) is 0 Å². The monoisotopic (exact) mass is 158 g/mol. The van der Waals surface area contributed by atoms with Crippen molar-refractivity contribution in [2.45, 2.75) is 34.1 Å². The molecule has 0 spiro atoms. The van der Waals surface area contributed by atoms with Crippen molar-refractivity contribution < 1.29 is 0 Å². The predicted molar refractivity (Wildman–Crippen MR) is 51.3 cm³/mol. The second-order valence-corrected chi connectivity index (χ2v) is 3.71. The van der Waals surface area contributed by atoms with Gasteiger partial charge in [-0.3, -0.25) is 0 Å². The number of hydrogen-bond acceptors (Lipinski definition) is 1. The smallest absolute Gasteiger partial charge is 0.0139 e. The van der Waals surface area contributed by atoms with Crippen LogP contribution in [0.2, 0.25) is 0 Å². The first-order valence-corrected chi connectivity index (χ1v) is 5.09. The molecule has 0 N–H and O–H groups in total. The lowest BCUT2D eigenvalue weighted by Gasteiger charge is -2.11. The third-order valence-electron chi connectivity index (χ3n) is 1.70. The van der Waals surface area contributed by atoms with E-state index in [4.69, 9.17) is 0 Å². The van der Waals surface area contributed by atoms with E-state index in [0.717, 1.165) is 0 Å². The summed E-state index contributed by atoms with van der Waals surface area (Å²) in [7, 11) is 0. The highest BCUT2D eigenvalue weighted by atomic mass is 32.2. The summed E-state index contributed by atoms with van der Waals surface area (Å²) in [6, 6.07) is 0. The van der Waals surface area contributed by atoms with Gasteiger partial charge in [0.1, 0.15) is 0 Å². The molecule has 0 saturated carbocycles. The maximum atomic E-state index is 2.25. The van der Waals surface area contributed by atoms with Crippen LogP contribution >= 0.6 is 11.8 Å². The number of thioether (sulfide) groups is 1. The summed E-state index contributed by atoms with van der Waals surface area (Å²) >= 11 is 1.89. The van der Waals surface area contributed by atoms with Crippen LogP contribution in [0, 0.1) is 5.92 Å². The van der Waals surface area contributed by atoms with Crippen molar-refractivity contribution in [2.75, 3.05) is 6.26 Å². The normalized spacial score (nSPS) is 13.8. The molecule has 0 unspecified atom stereocenters. The Bertz CT molecular complexity index is 123. The van der Waals surface area contributed by atoms with Crippen LogP contribution < -0.4 is 0 Å². The first kappa shape index (κ1) is 10.1. The minimum Gasteiger partial charge on any atom is -0.134 e. The van der Waals surface area contributed by atoms with Crippen LogP contribution in [0.4, 0.5) is 0 Å². The molecule has 1 heteroatoms. The lowest BCUT2D eigenvalue weighted by Crippen LogP contribution is -1.92. The zero-order chi connectivity index (χ0) is 8.15. The molecule has 0 heterocycles. The van der Waals surface area contributed by atoms with E-state index in [1.54, 1.807) is 10.5 Å². The Hall–Kier alpha value is 0.0900. The van der Waals surface area contributed by atoms with E-state index in [1.165, 1.54) is 6.42 Å². The molecule has 0 fully saturated rings. The molecule has 0 saturated heterocycles. The molecule has 0 nitrogen and oxygen atoms in total. The molecule has 0 radical (unpaired) electrons. The fourth-order valence-corrected chi connectivity index (χ4v) is 2.04. The lowest BCUT2D eigenvalue weighted by atomic mass is 10.1. The molecule has 0 aliphatic rings. The summed E-state index contributed by atoms with van der Waals surface area (Å²) in [4.78, 5) is 1.56. The van der Waals surface area contributed by atoms with Crippen LogP contribution in [0.1, 0.15) is 34.1 Å². The molecule has 0 bridgehead atoms. The van der Waals surface area contributed by atoms with Crippen molar-refractivity contribution in [2.24, 2.45) is 5.92 Å². The average molecular weight is 158 g/mol. The lowest BCUT2D eigenvalue weighted by molar-refractivity contribution is 0.798. The van der Waals surface area contributed by atoms with Gasteiger partial charge in [0.25, 0.3) is 0 Å². The standard InChI is InChI=1S/C9H18S/c1-6-8(4)9(10-5)7(2)3/h7H,6H2,1-5H3/b9-8-. The first-order chi connectivity index (χ1) is 4.63. The molecule has 0 aliphatic heterocycles.